The van der Waals surface area contributed by atoms with Crippen molar-refractivity contribution in [1.82, 2.24) is 0 Å². The Kier molecular flexibility index (Phi) is 3.70. The van der Waals surface area contributed by atoms with Crippen LogP contribution < -0.4 is 5.73 Å². The highest BCUT2D eigenvalue weighted by molar-refractivity contribution is 6.30. The molecule has 1 aliphatic carbocycles. The van der Waals surface area contributed by atoms with E-state index in [1.807, 2.05) is 0 Å². The smallest absolute Gasteiger partial charge is 0.141 e. The standard InChI is InChI=1S/C15H21ClFN/c1-14(2)7-3-4-8-15(14,18)10-11-5-6-13(17)12(16)9-11/h5-6,9H,3-4,7-8,10,18H2,1-2H3. The van der Waals surface area contributed by atoms with Gasteiger partial charge in [0.2, 0.25) is 0 Å². The van der Waals surface area contributed by atoms with Crippen molar-refractivity contribution in [2.24, 2.45) is 11.1 Å². The fourth-order valence-corrected chi connectivity index (χ4v) is 3.14. The number of rotatable bonds is 2. The van der Waals surface area contributed by atoms with Gasteiger partial charge in [-0.15, -0.1) is 0 Å². The molecule has 0 bridgehead atoms. The molecule has 100 valence electrons. The molecule has 0 spiro atoms. The Morgan fingerprint density at radius 1 is 1.28 bits per heavy atom. The van der Waals surface area contributed by atoms with E-state index in [0.29, 0.717) is 0 Å². The Labute approximate surface area is 114 Å². The summed E-state index contributed by atoms with van der Waals surface area (Å²) in [6.07, 6.45) is 5.36. The second kappa shape index (κ2) is 4.82. The van der Waals surface area contributed by atoms with Gasteiger partial charge in [0.15, 0.2) is 0 Å². The van der Waals surface area contributed by atoms with Crippen LogP contribution in [0.5, 0.6) is 0 Å². The molecule has 1 fully saturated rings. The van der Waals surface area contributed by atoms with Crippen molar-refractivity contribution >= 4 is 11.6 Å². The molecular formula is C15H21ClFN. The maximum absolute atomic E-state index is 13.2. The van der Waals surface area contributed by atoms with Gasteiger partial charge in [-0.3, -0.25) is 0 Å². The topological polar surface area (TPSA) is 26.0 Å². The summed E-state index contributed by atoms with van der Waals surface area (Å²) in [5.74, 6) is -0.366. The normalized spacial score (nSPS) is 27.2. The minimum atomic E-state index is -0.366. The number of halogens is 2. The van der Waals surface area contributed by atoms with Gasteiger partial charge in [0.05, 0.1) is 5.02 Å². The zero-order valence-electron chi connectivity index (χ0n) is 11.1. The summed E-state index contributed by atoms with van der Waals surface area (Å²) in [5.41, 5.74) is 7.55. The molecule has 2 rings (SSSR count). The molecule has 1 atom stereocenters. The zero-order valence-corrected chi connectivity index (χ0v) is 11.9. The molecule has 1 unspecified atom stereocenters. The van der Waals surface area contributed by atoms with Crippen molar-refractivity contribution in [2.45, 2.75) is 51.5 Å². The Balaban J connectivity index is 2.23. The number of hydrogen-bond donors (Lipinski definition) is 1. The van der Waals surface area contributed by atoms with E-state index in [0.717, 1.165) is 24.8 Å². The summed E-state index contributed by atoms with van der Waals surface area (Å²) in [4.78, 5) is 0. The summed E-state index contributed by atoms with van der Waals surface area (Å²) < 4.78 is 13.2. The van der Waals surface area contributed by atoms with Gasteiger partial charge in [-0.2, -0.15) is 0 Å². The Morgan fingerprint density at radius 3 is 2.56 bits per heavy atom. The van der Waals surface area contributed by atoms with Crippen LogP contribution in [-0.4, -0.2) is 5.54 Å². The van der Waals surface area contributed by atoms with Crippen LogP contribution in [-0.2, 0) is 6.42 Å². The van der Waals surface area contributed by atoms with Crippen LogP contribution in [0.3, 0.4) is 0 Å². The first kappa shape index (κ1) is 13.8. The lowest BCUT2D eigenvalue weighted by Gasteiger charge is -2.48. The maximum Gasteiger partial charge on any atom is 0.141 e. The number of hydrogen-bond acceptors (Lipinski definition) is 1. The van der Waals surface area contributed by atoms with Crippen molar-refractivity contribution in [1.29, 1.82) is 0 Å². The van der Waals surface area contributed by atoms with E-state index in [4.69, 9.17) is 17.3 Å². The Hall–Kier alpha value is -0.600. The summed E-state index contributed by atoms with van der Waals surface area (Å²) in [6.45, 7) is 4.47. The molecule has 2 N–H and O–H groups in total. The van der Waals surface area contributed by atoms with Gasteiger partial charge in [-0.05, 0) is 42.4 Å². The lowest BCUT2D eigenvalue weighted by molar-refractivity contribution is 0.0990. The summed E-state index contributed by atoms with van der Waals surface area (Å²) in [7, 11) is 0. The second-order valence-electron chi connectivity index (χ2n) is 6.17. The van der Waals surface area contributed by atoms with E-state index >= 15 is 0 Å². The van der Waals surface area contributed by atoms with Gasteiger partial charge in [0.25, 0.3) is 0 Å². The van der Waals surface area contributed by atoms with E-state index in [2.05, 4.69) is 13.8 Å². The summed E-state index contributed by atoms with van der Waals surface area (Å²) in [6, 6.07) is 4.92. The molecule has 1 aliphatic rings. The fourth-order valence-electron chi connectivity index (χ4n) is 2.94. The predicted octanol–water partition coefficient (Wildman–Crippen LogP) is 4.32. The third-order valence-corrected chi connectivity index (χ3v) is 4.82. The van der Waals surface area contributed by atoms with E-state index in [1.54, 1.807) is 12.1 Å². The number of nitrogens with two attached hydrogens (primary N) is 1. The van der Waals surface area contributed by atoms with Crippen molar-refractivity contribution in [3.63, 3.8) is 0 Å². The highest BCUT2D eigenvalue weighted by atomic mass is 35.5. The minimum absolute atomic E-state index is 0.117. The van der Waals surface area contributed by atoms with Crippen LogP contribution in [0.1, 0.15) is 45.1 Å². The van der Waals surface area contributed by atoms with Gasteiger partial charge in [-0.1, -0.05) is 44.4 Å². The van der Waals surface area contributed by atoms with Gasteiger partial charge >= 0.3 is 0 Å². The van der Waals surface area contributed by atoms with Crippen LogP contribution in [0.15, 0.2) is 18.2 Å². The molecule has 1 aromatic carbocycles. The SMILES string of the molecule is CC1(C)CCCCC1(N)Cc1ccc(F)c(Cl)c1. The Bertz CT molecular complexity index is 444. The first-order valence-electron chi connectivity index (χ1n) is 6.57. The molecule has 3 heteroatoms. The van der Waals surface area contributed by atoms with Gasteiger partial charge in [-0.25, -0.2) is 4.39 Å². The van der Waals surface area contributed by atoms with Crippen LogP contribution in [0.4, 0.5) is 4.39 Å². The van der Waals surface area contributed by atoms with Crippen molar-refractivity contribution in [2.75, 3.05) is 0 Å². The molecule has 0 aliphatic heterocycles. The Morgan fingerprint density at radius 2 is 1.94 bits per heavy atom. The third kappa shape index (κ3) is 2.55. The van der Waals surface area contributed by atoms with Gasteiger partial charge < -0.3 is 5.73 Å². The highest BCUT2D eigenvalue weighted by Crippen LogP contribution is 2.44. The van der Waals surface area contributed by atoms with Crippen molar-refractivity contribution in [3.8, 4) is 0 Å². The number of benzene rings is 1. The first-order chi connectivity index (χ1) is 8.34. The molecule has 18 heavy (non-hydrogen) atoms. The average Bonchev–Trinajstić information content (AvgIpc) is 2.28. The maximum atomic E-state index is 13.2. The monoisotopic (exact) mass is 269 g/mol. The lowest BCUT2D eigenvalue weighted by atomic mass is 9.61. The van der Waals surface area contributed by atoms with Crippen molar-refractivity contribution < 1.29 is 4.39 Å². The molecule has 0 amide bonds. The molecule has 0 heterocycles. The fraction of sp³-hybridized carbons (Fsp3) is 0.600. The van der Waals surface area contributed by atoms with Gasteiger partial charge in [0.1, 0.15) is 5.82 Å². The van der Waals surface area contributed by atoms with E-state index in [9.17, 15) is 4.39 Å². The zero-order chi connectivity index (χ0) is 13.4. The molecule has 1 nitrogen and oxygen atoms in total. The molecule has 1 saturated carbocycles. The van der Waals surface area contributed by atoms with Crippen LogP contribution in [0.2, 0.25) is 5.02 Å². The lowest BCUT2D eigenvalue weighted by Crippen LogP contribution is -2.56. The predicted molar refractivity (Wildman–Crippen MR) is 74.3 cm³/mol. The van der Waals surface area contributed by atoms with E-state index in [1.165, 1.54) is 18.9 Å². The van der Waals surface area contributed by atoms with Crippen LogP contribution in [0.25, 0.3) is 0 Å². The second-order valence-corrected chi connectivity index (χ2v) is 6.58. The molecule has 0 saturated heterocycles. The summed E-state index contributed by atoms with van der Waals surface area (Å²) in [5, 5.41) is 0.185. The van der Waals surface area contributed by atoms with Gasteiger partial charge in [0, 0.05) is 5.54 Å². The van der Waals surface area contributed by atoms with Crippen LogP contribution >= 0.6 is 11.6 Å². The third-order valence-electron chi connectivity index (χ3n) is 4.53. The first-order valence-corrected chi connectivity index (χ1v) is 6.95. The van der Waals surface area contributed by atoms with Crippen LogP contribution in [0, 0.1) is 11.2 Å². The molecular weight excluding hydrogens is 249 g/mol. The molecule has 1 aromatic rings. The molecule has 0 aromatic heterocycles. The largest absolute Gasteiger partial charge is 0.324 e. The quantitative estimate of drug-likeness (QED) is 0.850. The van der Waals surface area contributed by atoms with E-state index in [-0.39, 0.29) is 21.8 Å². The van der Waals surface area contributed by atoms with Crippen molar-refractivity contribution in [3.05, 3.63) is 34.6 Å². The highest BCUT2D eigenvalue weighted by Gasteiger charge is 2.43. The molecule has 0 radical (unpaired) electrons. The summed E-state index contributed by atoms with van der Waals surface area (Å²) >= 11 is 5.83. The minimum Gasteiger partial charge on any atom is -0.324 e. The average molecular weight is 270 g/mol. The van der Waals surface area contributed by atoms with E-state index < -0.39 is 0 Å².